The minimum Gasteiger partial charge on any atom is -0.369 e. The van der Waals surface area contributed by atoms with Gasteiger partial charge in [0, 0.05) is 24.1 Å². The number of hydrogen-bond acceptors (Lipinski definition) is 5. The average molecular weight is 339 g/mol. The number of hydrazone groups is 1. The molecular formula is C18H17N3O4. The van der Waals surface area contributed by atoms with Crippen molar-refractivity contribution in [1.29, 1.82) is 0 Å². The van der Waals surface area contributed by atoms with Gasteiger partial charge in [-0.1, -0.05) is 17.7 Å². The molecule has 3 rings (SSSR count). The number of aryl methyl sites for hydroxylation is 1. The van der Waals surface area contributed by atoms with Gasteiger partial charge >= 0.3 is 0 Å². The summed E-state index contributed by atoms with van der Waals surface area (Å²) >= 11 is 0. The maximum atomic E-state index is 12.7. The van der Waals surface area contributed by atoms with E-state index < -0.39 is 16.6 Å². The number of non-ortho nitro benzene ring substituents is 1. The number of amides is 1. The number of carbonyl (C=O) groups is 1. The van der Waals surface area contributed by atoms with Crippen LogP contribution in [-0.4, -0.2) is 32.4 Å². The minimum atomic E-state index is -1.46. The van der Waals surface area contributed by atoms with E-state index in [1.807, 2.05) is 19.1 Å². The van der Waals surface area contributed by atoms with E-state index in [9.17, 15) is 20.0 Å². The van der Waals surface area contributed by atoms with E-state index in [1.54, 1.807) is 24.3 Å². The Bertz CT molecular complexity index is 855. The zero-order valence-electron chi connectivity index (χ0n) is 13.8. The molecule has 1 atom stereocenters. The summed E-state index contributed by atoms with van der Waals surface area (Å²) in [5, 5.41) is 26.7. The monoisotopic (exact) mass is 339 g/mol. The molecule has 0 bridgehead atoms. The third kappa shape index (κ3) is 3.27. The van der Waals surface area contributed by atoms with Crippen molar-refractivity contribution in [3.05, 3.63) is 75.3 Å². The molecule has 0 saturated heterocycles. The van der Waals surface area contributed by atoms with Crippen molar-refractivity contribution in [2.75, 3.05) is 0 Å². The summed E-state index contributed by atoms with van der Waals surface area (Å²) in [7, 11) is 0. The van der Waals surface area contributed by atoms with Gasteiger partial charge in [-0.2, -0.15) is 10.1 Å². The standard InChI is InChI=1S/C18H17N3O4/c1-12-3-5-14(6-4-12)17(22)20-18(2,23)11-16(19-20)13-7-9-15(10-8-13)21(24)25/h3-10,23H,11H2,1-2H3. The molecule has 1 aliphatic rings. The predicted molar refractivity (Wildman–Crippen MR) is 92.2 cm³/mol. The molecule has 2 aromatic carbocycles. The second kappa shape index (κ2) is 6.10. The van der Waals surface area contributed by atoms with Gasteiger partial charge in [0.1, 0.15) is 0 Å². The Balaban J connectivity index is 1.90. The summed E-state index contributed by atoms with van der Waals surface area (Å²) in [6, 6.07) is 12.9. The zero-order chi connectivity index (χ0) is 18.2. The van der Waals surface area contributed by atoms with Crippen molar-refractivity contribution in [1.82, 2.24) is 5.01 Å². The zero-order valence-corrected chi connectivity index (χ0v) is 13.8. The molecule has 25 heavy (non-hydrogen) atoms. The van der Waals surface area contributed by atoms with Gasteiger partial charge in [0.2, 0.25) is 0 Å². The molecule has 7 nitrogen and oxygen atoms in total. The lowest BCUT2D eigenvalue weighted by atomic mass is 10.0. The van der Waals surface area contributed by atoms with Crippen LogP contribution in [0.3, 0.4) is 0 Å². The molecule has 0 spiro atoms. The second-order valence-corrected chi connectivity index (χ2v) is 6.23. The number of rotatable bonds is 3. The molecule has 7 heteroatoms. The highest BCUT2D eigenvalue weighted by molar-refractivity contribution is 6.05. The van der Waals surface area contributed by atoms with Gasteiger partial charge in [0.05, 0.1) is 10.6 Å². The SMILES string of the molecule is Cc1ccc(C(=O)N2N=C(c3ccc([N+](=O)[O-])cc3)CC2(C)O)cc1. The Labute approximate surface area is 144 Å². The van der Waals surface area contributed by atoms with E-state index >= 15 is 0 Å². The number of hydrogen-bond donors (Lipinski definition) is 1. The smallest absolute Gasteiger partial charge is 0.276 e. The molecule has 1 N–H and O–H groups in total. The first-order chi connectivity index (χ1) is 11.8. The molecule has 1 heterocycles. The molecule has 0 aromatic heterocycles. The Morgan fingerprint density at radius 3 is 2.36 bits per heavy atom. The van der Waals surface area contributed by atoms with Crippen LogP contribution in [0.15, 0.2) is 53.6 Å². The lowest BCUT2D eigenvalue weighted by Crippen LogP contribution is -2.43. The van der Waals surface area contributed by atoms with Crippen molar-refractivity contribution < 1.29 is 14.8 Å². The van der Waals surface area contributed by atoms with E-state index in [4.69, 9.17) is 0 Å². The Hall–Kier alpha value is -3.06. The summed E-state index contributed by atoms with van der Waals surface area (Å²) in [6.45, 7) is 3.44. The van der Waals surface area contributed by atoms with Crippen molar-refractivity contribution >= 4 is 17.3 Å². The average Bonchev–Trinajstić information content (AvgIpc) is 2.90. The third-order valence-electron chi connectivity index (χ3n) is 4.08. The molecular weight excluding hydrogens is 322 g/mol. The van der Waals surface area contributed by atoms with Crippen LogP contribution in [0.2, 0.25) is 0 Å². The fraction of sp³-hybridized carbons (Fsp3) is 0.222. The van der Waals surface area contributed by atoms with E-state index in [-0.39, 0.29) is 12.1 Å². The number of nitro benzene ring substituents is 1. The van der Waals surface area contributed by atoms with Gasteiger partial charge in [0.25, 0.3) is 11.6 Å². The van der Waals surface area contributed by atoms with Crippen LogP contribution in [0, 0.1) is 17.0 Å². The van der Waals surface area contributed by atoms with Crippen LogP contribution in [0.5, 0.6) is 0 Å². The highest BCUT2D eigenvalue weighted by Crippen LogP contribution is 2.29. The fourth-order valence-electron chi connectivity index (χ4n) is 2.67. The summed E-state index contributed by atoms with van der Waals surface area (Å²) < 4.78 is 0. The number of aliphatic hydroxyl groups is 1. The first-order valence-corrected chi connectivity index (χ1v) is 7.74. The van der Waals surface area contributed by atoms with Crippen LogP contribution in [0.1, 0.15) is 34.8 Å². The van der Waals surface area contributed by atoms with Gasteiger partial charge < -0.3 is 5.11 Å². The molecule has 1 amide bonds. The van der Waals surface area contributed by atoms with Gasteiger partial charge in [0.15, 0.2) is 5.72 Å². The second-order valence-electron chi connectivity index (χ2n) is 6.23. The highest BCUT2D eigenvalue weighted by atomic mass is 16.6. The normalized spacial score (nSPS) is 19.6. The maximum Gasteiger partial charge on any atom is 0.276 e. The van der Waals surface area contributed by atoms with Crippen molar-refractivity contribution in [3.8, 4) is 0 Å². The van der Waals surface area contributed by atoms with Crippen molar-refractivity contribution in [2.45, 2.75) is 26.0 Å². The molecule has 128 valence electrons. The summed E-state index contributed by atoms with van der Waals surface area (Å²) in [4.78, 5) is 22.9. The maximum absolute atomic E-state index is 12.7. The number of benzene rings is 2. The van der Waals surface area contributed by atoms with E-state index in [2.05, 4.69) is 5.10 Å². The molecule has 0 radical (unpaired) electrons. The number of nitrogens with zero attached hydrogens (tertiary/aromatic N) is 3. The van der Waals surface area contributed by atoms with Gasteiger partial charge in [-0.25, -0.2) is 0 Å². The molecule has 1 aliphatic heterocycles. The lowest BCUT2D eigenvalue weighted by molar-refractivity contribution is -0.384. The van der Waals surface area contributed by atoms with Crippen LogP contribution in [0.25, 0.3) is 0 Å². The fourth-order valence-corrected chi connectivity index (χ4v) is 2.67. The minimum absolute atomic E-state index is 0.0262. The van der Waals surface area contributed by atoms with Crippen LogP contribution in [-0.2, 0) is 0 Å². The highest BCUT2D eigenvalue weighted by Gasteiger charge is 2.41. The first-order valence-electron chi connectivity index (χ1n) is 7.74. The molecule has 1 unspecified atom stereocenters. The quantitative estimate of drug-likeness (QED) is 0.687. The van der Waals surface area contributed by atoms with Crippen LogP contribution < -0.4 is 0 Å². The third-order valence-corrected chi connectivity index (χ3v) is 4.08. The molecule has 0 saturated carbocycles. The van der Waals surface area contributed by atoms with Crippen LogP contribution in [0.4, 0.5) is 5.69 Å². The van der Waals surface area contributed by atoms with Crippen molar-refractivity contribution in [3.63, 3.8) is 0 Å². The predicted octanol–water partition coefficient (Wildman–Crippen LogP) is 2.86. The molecule has 2 aromatic rings. The van der Waals surface area contributed by atoms with E-state index in [1.165, 1.54) is 19.1 Å². The topological polar surface area (TPSA) is 96.0 Å². The largest absolute Gasteiger partial charge is 0.369 e. The van der Waals surface area contributed by atoms with Gasteiger partial charge in [-0.3, -0.25) is 14.9 Å². The van der Waals surface area contributed by atoms with Crippen LogP contribution >= 0.6 is 0 Å². The lowest BCUT2D eigenvalue weighted by Gasteiger charge is -2.26. The van der Waals surface area contributed by atoms with Gasteiger partial charge in [-0.15, -0.1) is 0 Å². The summed E-state index contributed by atoms with van der Waals surface area (Å²) in [6.07, 6.45) is 0.141. The van der Waals surface area contributed by atoms with E-state index in [0.29, 0.717) is 16.8 Å². The number of carbonyl (C=O) groups excluding carboxylic acids is 1. The Morgan fingerprint density at radius 1 is 1.20 bits per heavy atom. The Morgan fingerprint density at radius 2 is 1.80 bits per heavy atom. The van der Waals surface area contributed by atoms with Crippen molar-refractivity contribution in [2.24, 2.45) is 5.10 Å². The van der Waals surface area contributed by atoms with E-state index in [0.717, 1.165) is 10.6 Å². The van der Waals surface area contributed by atoms with Gasteiger partial charge in [-0.05, 0) is 43.7 Å². The summed E-state index contributed by atoms with van der Waals surface area (Å²) in [5.74, 6) is -0.401. The molecule has 0 aliphatic carbocycles. The molecule has 0 fully saturated rings. The number of nitro groups is 1. The first kappa shape index (κ1) is 16.8. The Kier molecular flexibility index (Phi) is 4.10. The summed E-state index contributed by atoms with van der Waals surface area (Å²) in [5.41, 5.74) is 1.10.